The molecule has 4 rings (SSSR count). The number of carbonyl (C=O) groups is 2. The second-order valence-corrected chi connectivity index (χ2v) is 8.86. The zero-order valence-corrected chi connectivity index (χ0v) is 18.5. The van der Waals surface area contributed by atoms with Gasteiger partial charge < -0.3 is 10.6 Å². The average Bonchev–Trinajstić information content (AvgIpc) is 2.93. The highest BCUT2D eigenvalue weighted by Crippen LogP contribution is 2.29. The first kappa shape index (κ1) is 23.0. The van der Waals surface area contributed by atoms with Crippen molar-refractivity contribution in [2.24, 2.45) is 0 Å². The number of amides is 2. The molecule has 0 saturated carbocycles. The van der Waals surface area contributed by atoms with Crippen LogP contribution in [0.1, 0.15) is 50.7 Å². The maximum atomic E-state index is 13.0. The normalized spacial score (nSPS) is 13.9. The van der Waals surface area contributed by atoms with Gasteiger partial charge >= 0.3 is 6.18 Å². The van der Waals surface area contributed by atoms with Crippen molar-refractivity contribution < 1.29 is 22.8 Å². The number of anilines is 1. The summed E-state index contributed by atoms with van der Waals surface area (Å²) < 4.78 is 38.5. The summed E-state index contributed by atoms with van der Waals surface area (Å²) in [4.78, 5) is 43.3. The molecule has 1 aliphatic rings. The van der Waals surface area contributed by atoms with Crippen LogP contribution in [0.3, 0.4) is 0 Å². The summed E-state index contributed by atoms with van der Waals surface area (Å²) in [6, 6.07) is 5.50. The Morgan fingerprint density at radius 3 is 2.55 bits per heavy atom. The molecule has 0 fully saturated rings. The number of hydrogen-bond donors (Lipinski definition) is 2. The summed E-state index contributed by atoms with van der Waals surface area (Å²) in [5.74, 6) is -0.543. The van der Waals surface area contributed by atoms with E-state index in [1.54, 1.807) is 16.8 Å². The van der Waals surface area contributed by atoms with E-state index in [4.69, 9.17) is 0 Å². The van der Waals surface area contributed by atoms with E-state index in [0.717, 1.165) is 42.8 Å². The molecule has 11 heteroatoms. The standard InChI is InChI=1S/C22H21F3N4O3S/c1-12-16-20(28-15-5-3-2-4-10-29(15)21(16)32)33-17(12)19(31)27-14-8-6-13(7-9-14)18(30)26-11-22(23,24)25/h6-9H,2-5,10-11H2,1H3,(H,26,30)(H,27,31). The fourth-order valence-corrected chi connectivity index (χ4v) is 4.89. The molecule has 7 nitrogen and oxygen atoms in total. The van der Waals surface area contributed by atoms with Crippen LogP contribution < -0.4 is 16.2 Å². The number of benzene rings is 1. The first-order valence-corrected chi connectivity index (χ1v) is 11.2. The number of fused-ring (bicyclic) bond motifs is 2. The summed E-state index contributed by atoms with van der Waals surface area (Å²) in [6.07, 6.45) is -0.833. The molecule has 0 saturated heterocycles. The van der Waals surface area contributed by atoms with Crippen molar-refractivity contribution in [2.45, 2.75) is 45.3 Å². The molecule has 0 atom stereocenters. The van der Waals surface area contributed by atoms with Gasteiger partial charge in [-0.15, -0.1) is 11.3 Å². The number of carbonyl (C=O) groups excluding carboxylic acids is 2. The first-order valence-electron chi connectivity index (χ1n) is 10.4. The van der Waals surface area contributed by atoms with Crippen LogP contribution in [-0.2, 0) is 13.0 Å². The molecular weight excluding hydrogens is 457 g/mol. The Balaban J connectivity index is 1.53. The highest BCUT2D eigenvalue weighted by Gasteiger charge is 2.28. The average molecular weight is 478 g/mol. The molecule has 0 bridgehead atoms. The van der Waals surface area contributed by atoms with E-state index in [9.17, 15) is 27.6 Å². The zero-order chi connectivity index (χ0) is 23.8. The van der Waals surface area contributed by atoms with Crippen LogP contribution in [0.4, 0.5) is 18.9 Å². The van der Waals surface area contributed by atoms with Crippen LogP contribution >= 0.6 is 11.3 Å². The predicted octanol–water partition coefficient (Wildman–Crippen LogP) is 4.04. The van der Waals surface area contributed by atoms with Crippen LogP contribution in [-0.4, -0.2) is 34.1 Å². The number of thiophene rings is 1. The van der Waals surface area contributed by atoms with Crippen molar-refractivity contribution in [3.05, 3.63) is 56.4 Å². The van der Waals surface area contributed by atoms with Crippen molar-refractivity contribution in [2.75, 3.05) is 11.9 Å². The third-order valence-corrected chi connectivity index (χ3v) is 6.66. The number of aryl methyl sites for hydroxylation is 2. The van der Waals surface area contributed by atoms with Gasteiger partial charge in [-0.3, -0.25) is 19.0 Å². The lowest BCUT2D eigenvalue weighted by atomic mass is 10.1. The maximum absolute atomic E-state index is 13.0. The number of nitrogens with one attached hydrogen (secondary N) is 2. The van der Waals surface area contributed by atoms with Crippen LogP contribution in [0.5, 0.6) is 0 Å². The molecule has 1 aliphatic heterocycles. The number of hydrogen-bond acceptors (Lipinski definition) is 5. The lowest BCUT2D eigenvalue weighted by molar-refractivity contribution is -0.123. The second-order valence-electron chi connectivity index (χ2n) is 7.86. The van der Waals surface area contributed by atoms with E-state index >= 15 is 0 Å². The third kappa shape index (κ3) is 4.92. The van der Waals surface area contributed by atoms with E-state index in [2.05, 4.69) is 10.3 Å². The topological polar surface area (TPSA) is 93.1 Å². The van der Waals surface area contributed by atoms with Gasteiger partial charge in [0.2, 0.25) is 0 Å². The summed E-state index contributed by atoms with van der Waals surface area (Å²) in [6.45, 7) is 0.915. The number of alkyl halides is 3. The Morgan fingerprint density at radius 1 is 1.12 bits per heavy atom. The molecule has 0 unspecified atom stereocenters. The molecule has 33 heavy (non-hydrogen) atoms. The number of aromatic nitrogens is 2. The van der Waals surface area contributed by atoms with E-state index in [1.165, 1.54) is 24.3 Å². The van der Waals surface area contributed by atoms with Crippen LogP contribution in [0.2, 0.25) is 0 Å². The lowest BCUT2D eigenvalue weighted by Crippen LogP contribution is -2.33. The van der Waals surface area contributed by atoms with Gasteiger partial charge in [0.1, 0.15) is 17.2 Å². The monoisotopic (exact) mass is 478 g/mol. The maximum Gasteiger partial charge on any atom is 0.405 e. The Hall–Kier alpha value is -3.21. The number of nitrogens with zero attached hydrogens (tertiary/aromatic N) is 2. The largest absolute Gasteiger partial charge is 0.405 e. The minimum atomic E-state index is -4.50. The Kier molecular flexibility index (Phi) is 6.24. The smallest absolute Gasteiger partial charge is 0.343 e. The van der Waals surface area contributed by atoms with Gasteiger partial charge in [0.05, 0.1) is 10.3 Å². The Bertz CT molecular complexity index is 1280. The van der Waals surface area contributed by atoms with Crippen LogP contribution in [0.25, 0.3) is 10.2 Å². The highest BCUT2D eigenvalue weighted by atomic mass is 32.1. The fraction of sp³-hybridized carbons (Fsp3) is 0.364. The molecule has 2 N–H and O–H groups in total. The van der Waals surface area contributed by atoms with Crippen LogP contribution in [0.15, 0.2) is 29.1 Å². The van der Waals surface area contributed by atoms with Gasteiger partial charge in [0.15, 0.2) is 0 Å². The van der Waals surface area contributed by atoms with E-state index in [-0.39, 0.29) is 11.1 Å². The van der Waals surface area contributed by atoms with Crippen molar-refractivity contribution >= 4 is 39.1 Å². The van der Waals surface area contributed by atoms with Crippen molar-refractivity contribution in [3.8, 4) is 0 Å². The summed E-state index contributed by atoms with van der Waals surface area (Å²) in [5, 5.41) is 4.95. The van der Waals surface area contributed by atoms with Crippen molar-refractivity contribution in [1.82, 2.24) is 14.9 Å². The summed E-state index contributed by atoms with van der Waals surface area (Å²) in [7, 11) is 0. The van der Waals surface area contributed by atoms with Gasteiger partial charge in [0.25, 0.3) is 17.4 Å². The van der Waals surface area contributed by atoms with Gasteiger partial charge in [-0.2, -0.15) is 13.2 Å². The van der Waals surface area contributed by atoms with E-state index in [1.807, 2.05) is 0 Å². The van der Waals surface area contributed by atoms with Gasteiger partial charge in [-0.25, -0.2) is 4.98 Å². The molecule has 0 spiro atoms. The van der Waals surface area contributed by atoms with Crippen molar-refractivity contribution in [3.63, 3.8) is 0 Å². The van der Waals surface area contributed by atoms with Gasteiger partial charge in [0, 0.05) is 24.2 Å². The SMILES string of the molecule is Cc1c(C(=O)Nc2ccc(C(=O)NCC(F)(F)F)cc2)sc2nc3n(c(=O)c12)CCCCC3. The van der Waals surface area contributed by atoms with Gasteiger partial charge in [-0.1, -0.05) is 6.42 Å². The minimum absolute atomic E-state index is 0.0361. The summed E-state index contributed by atoms with van der Waals surface area (Å²) in [5.41, 5.74) is 0.838. The molecule has 1 aromatic carbocycles. The third-order valence-electron chi connectivity index (χ3n) is 5.47. The Labute approximate surface area is 190 Å². The van der Waals surface area contributed by atoms with Crippen molar-refractivity contribution in [1.29, 1.82) is 0 Å². The minimum Gasteiger partial charge on any atom is -0.343 e. The quantitative estimate of drug-likeness (QED) is 0.592. The molecule has 174 valence electrons. The molecule has 3 aromatic rings. The van der Waals surface area contributed by atoms with Gasteiger partial charge in [-0.05, 0) is 49.6 Å². The molecule has 2 aromatic heterocycles. The fourth-order valence-electron chi connectivity index (χ4n) is 3.80. The molecule has 2 amide bonds. The Morgan fingerprint density at radius 2 is 1.85 bits per heavy atom. The highest BCUT2D eigenvalue weighted by molar-refractivity contribution is 7.20. The molecule has 3 heterocycles. The van der Waals surface area contributed by atoms with E-state index in [0.29, 0.717) is 32.9 Å². The van der Waals surface area contributed by atoms with Crippen LogP contribution in [0, 0.1) is 6.92 Å². The first-order chi connectivity index (χ1) is 15.6. The number of halogens is 3. The number of rotatable bonds is 4. The molecule has 0 aliphatic carbocycles. The zero-order valence-electron chi connectivity index (χ0n) is 17.7. The molecular formula is C22H21F3N4O3S. The molecule has 0 radical (unpaired) electrons. The summed E-state index contributed by atoms with van der Waals surface area (Å²) >= 11 is 1.15. The lowest BCUT2D eigenvalue weighted by Gasteiger charge is -2.09. The second kappa shape index (κ2) is 8.97. The van der Waals surface area contributed by atoms with E-state index < -0.39 is 24.5 Å². The predicted molar refractivity (Wildman–Crippen MR) is 119 cm³/mol.